The lowest BCUT2D eigenvalue weighted by Crippen LogP contribution is -2.57. The van der Waals surface area contributed by atoms with Gasteiger partial charge < -0.3 is 25.2 Å². The van der Waals surface area contributed by atoms with Crippen molar-refractivity contribution in [3.8, 4) is 0 Å². The van der Waals surface area contributed by atoms with Crippen LogP contribution in [0.15, 0.2) is 4.79 Å². The van der Waals surface area contributed by atoms with Crippen molar-refractivity contribution in [2.75, 3.05) is 32.7 Å². The van der Waals surface area contributed by atoms with Crippen LogP contribution in [0, 0.1) is 19.8 Å². The Morgan fingerprint density at radius 2 is 1.96 bits per heavy atom. The summed E-state index contributed by atoms with van der Waals surface area (Å²) in [5.74, 6) is -1.15. The molecule has 0 aliphatic carbocycles. The number of nitrogens with one attached hydrogen (secondary N) is 2. The van der Waals surface area contributed by atoms with Gasteiger partial charge in [-0.1, -0.05) is 0 Å². The number of aromatic amines is 1. The molecule has 2 saturated heterocycles. The number of H-pyrrole nitrogens is 1. The number of aromatic nitrogens is 2. The lowest BCUT2D eigenvalue weighted by molar-refractivity contribution is -0.149. The summed E-state index contributed by atoms with van der Waals surface area (Å²) in [5.41, 5.74) is 0.457. The van der Waals surface area contributed by atoms with E-state index in [1.54, 1.807) is 13.8 Å². The second kappa shape index (κ2) is 8.09. The van der Waals surface area contributed by atoms with Gasteiger partial charge in [0, 0.05) is 37.4 Å². The Balaban J connectivity index is 1.70. The first-order valence-corrected chi connectivity index (χ1v) is 9.34. The molecule has 10 heteroatoms. The minimum Gasteiger partial charge on any atom is -0.392 e. The molecule has 152 valence electrons. The first kappa shape index (κ1) is 20.0. The minimum atomic E-state index is -0.868. The largest absolute Gasteiger partial charge is 0.392 e. The quantitative estimate of drug-likeness (QED) is 0.551. The number of aliphatic hydroxyl groups is 1. The van der Waals surface area contributed by atoms with Gasteiger partial charge in [0.25, 0.3) is 5.56 Å². The van der Waals surface area contributed by atoms with Gasteiger partial charge in [0.1, 0.15) is 5.82 Å². The Hall–Kier alpha value is -2.75. The minimum absolute atomic E-state index is 0.0421. The molecular formula is C18H25N5O5. The van der Waals surface area contributed by atoms with Gasteiger partial charge in [0.15, 0.2) is 0 Å². The van der Waals surface area contributed by atoms with Crippen molar-refractivity contribution < 1.29 is 19.5 Å². The zero-order chi connectivity index (χ0) is 20.4. The number of aryl methyl sites for hydroxylation is 2. The third-order valence-corrected chi connectivity index (χ3v) is 5.26. The second-order valence-electron chi connectivity index (χ2n) is 7.30. The van der Waals surface area contributed by atoms with E-state index in [9.17, 15) is 24.3 Å². The predicted molar refractivity (Wildman–Crippen MR) is 98.3 cm³/mol. The fraction of sp³-hybridized carbons (Fsp3) is 0.611. The first-order chi connectivity index (χ1) is 13.3. The van der Waals surface area contributed by atoms with Crippen LogP contribution in [0.2, 0.25) is 0 Å². The van der Waals surface area contributed by atoms with Crippen molar-refractivity contribution in [2.45, 2.75) is 32.8 Å². The molecule has 0 bridgehead atoms. The summed E-state index contributed by atoms with van der Waals surface area (Å²) in [6.45, 7) is 4.43. The molecule has 2 aliphatic heterocycles. The first-order valence-electron chi connectivity index (χ1n) is 9.34. The van der Waals surface area contributed by atoms with E-state index in [2.05, 4.69) is 15.3 Å². The molecule has 0 aromatic carbocycles. The maximum atomic E-state index is 12.8. The molecule has 0 saturated carbocycles. The Morgan fingerprint density at radius 3 is 2.64 bits per heavy atom. The van der Waals surface area contributed by atoms with Crippen LogP contribution in [0.25, 0.3) is 0 Å². The number of carbonyl (C=O) groups is 3. The monoisotopic (exact) mass is 391 g/mol. The average Bonchev–Trinajstić information content (AvgIpc) is 2.64. The van der Waals surface area contributed by atoms with E-state index in [1.807, 2.05) is 0 Å². The summed E-state index contributed by atoms with van der Waals surface area (Å²) in [5, 5.41) is 12.9. The maximum Gasteiger partial charge on any atom is 0.254 e. The molecule has 3 rings (SSSR count). The van der Waals surface area contributed by atoms with E-state index in [0.717, 1.165) is 0 Å². The number of hydrogen-bond donors (Lipinski definition) is 3. The molecule has 2 aliphatic rings. The van der Waals surface area contributed by atoms with Crippen LogP contribution in [0.4, 0.5) is 0 Å². The third-order valence-electron chi connectivity index (χ3n) is 5.26. The van der Waals surface area contributed by atoms with E-state index in [4.69, 9.17) is 0 Å². The molecular weight excluding hydrogens is 366 g/mol. The molecule has 3 N–H and O–H groups in total. The molecule has 3 heterocycles. The number of rotatable bonds is 3. The van der Waals surface area contributed by atoms with Gasteiger partial charge in [0.05, 0.1) is 25.0 Å². The zero-order valence-corrected chi connectivity index (χ0v) is 16.0. The van der Waals surface area contributed by atoms with Crippen molar-refractivity contribution in [3.05, 3.63) is 27.4 Å². The van der Waals surface area contributed by atoms with Gasteiger partial charge in [-0.25, -0.2) is 4.98 Å². The average molecular weight is 391 g/mol. The highest BCUT2D eigenvalue weighted by Crippen LogP contribution is 2.21. The van der Waals surface area contributed by atoms with Crippen LogP contribution in [0.5, 0.6) is 0 Å². The second-order valence-corrected chi connectivity index (χ2v) is 7.30. The topological polar surface area (TPSA) is 136 Å². The normalized spacial score (nSPS) is 22.8. The Bertz CT molecular complexity index is 851. The summed E-state index contributed by atoms with van der Waals surface area (Å²) in [6, 6.07) is 0. The van der Waals surface area contributed by atoms with Crippen LogP contribution < -0.4 is 10.9 Å². The molecule has 10 nitrogen and oxygen atoms in total. The molecule has 1 aromatic rings. The molecule has 0 spiro atoms. The number of piperidine rings is 1. The predicted octanol–water partition coefficient (Wildman–Crippen LogP) is -1.90. The number of hydrogen-bond acceptors (Lipinski definition) is 6. The van der Waals surface area contributed by atoms with Gasteiger partial charge in [-0.05, 0) is 20.3 Å². The fourth-order valence-electron chi connectivity index (χ4n) is 3.69. The Kier molecular flexibility index (Phi) is 5.78. The summed E-state index contributed by atoms with van der Waals surface area (Å²) in [6.07, 6.45) is -0.714. The highest BCUT2D eigenvalue weighted by atomic mass is 16.3. The summed E-state index contributed by atoms with van der Waals surface area (Å²) < 4.78 is 0. The van der Waals surface area contributed by atoms with Crippen molar-refractivity contribution in [2.24, 2.45) is 5.92 Å². The van der Waals surface area contributed by atoms with Gasteiger partial charge >= 0.3 is 0 Å². The van der Waals surface area contributed by atoms with Crippen LogP contribution in [-0.4, -0.2) is 81.4 Å². The van der Waals surface area contributed by atoms with Gasteiger partial charge in [-0.3, -0.25) is 19.2 Å². The Morgan fingerprint density at radius 1 is 1.21 bits per heavy atom. The molecule has 0 radical (unpaired) electrons. The van der Waals surface area contributed by atoms with E-state index in [-0.39, 0.29) is 49.2 Å². The van der Waals surface area contributed by atoms with Crippen molar-refractivity contribution in [1.82, 2.24) is 25.1 Å². The summed E-state index contributed by atoms with van der Waals surface area (Å²) in [4.78, 5) is 58.9. The summed E-state index contributed by atoms with van der Waals surface area (Å²) >= 11 is 0. The number of carbonyl (C=O) groups excluding carboxylic acids is 3. The van der Waals surface area contributed by atoms with E-state index in [1.165, 1.54) is 9.80 Å². The number of likely N-dealkylation sites (tertiary alicyclic amines) is 1. The Labute approximate surface area is 161 Å². The number of amides is 3. The van der Waals surface area contributed by atoms with Crippen LogP contribution in [0.3, 0.4) is 0 Å². The zero-order valence-electron chi connectivity index (χ0n) is 16.0. The molecule has 0 unspecified atom stereocenters. The van der Waals surface area contributed by atoms with E-state index < -0.39 is 12.0 Å². The van der Waals surface area contributed by atoms with Crippen molar-refractivity contribution in [3.63, 3.8) is 0 Å². The molecule has 2 atom stereocenters. The van der Waals surface area contributed by atoms with E-state index in [0.29, 0.717) is 36.7 Å². The van der Waals surface area contributed by atoms with Crippen LogP contribution in [-0.2, 0) is 20.8 Å². The van der Waals surface area contributed by atoms with Crippen molar-refractivity contribution >= 4 is 17.7 Å². The van der Waals surface area contributed by atoms with Gasteiger partial charge in [-0.15, -0.1) is 0 Å². The fourth-order valence-corrected chi connectivity index (χ4v) is 3.69. The third kappa shape index (κ3) is 4.22. The SMILES string of the molecule is Cc1nc(C)c(CC(=O)N2CC[C@@H](O)[C@@H](C(=O)N3CCNC(=O)C3)C2)c(=O)[nH]1. The van der Waals surface area contributed by atoms with Gasteiger partial charge in [0.2, 0.25) is 17.7 Å². The lowest BCUT2D eigenvalue weighted by atomic mass is 9.92. The smallest absolute Gasteiger partial charge is 0.254 e. The lowest BCUT2D eigenvalue weighted by Gasteiger charge is -2.38. The van der Waals surface area contributed by atoms with Crippen LogP contribution >= 0.6 is 0 Å². The molecule has 28 heavy (non-hydrogen) atoms. The maximum absolute atomic E-state index is 12.8. The molecule has 1 aromatic heterocycles. The standard InChI is InChI=1S/C18H25N5O5/c1-10-12(17(27)21-11(2)20-10)7-16(26)22-5-3-14(24)13(8-22)18(28)23-6-4-19-15(25)9-23/h13-14,24H,3-9H2,1-2H3,(H,19,25)(H,20,21,27)/t13-,14+/m0/s1. The molecule has 2 fully saturated rings. The highest BCUT2D eigenvalue weighted by molar-refractivity contribution is 5.88. The van der Waals surface area contributed by atoms with Crippen molar-refractivity contribution in [1.29, 1.82) is 0 Å². The number of aliphatic hydroxyl groups excluding tert-OH is 1. The van der Waals surface area contributed by atoms with Crippen LogP contribution in [0.1, 0.15) is 23.5 Å². The highest BCUT2D eigenvalue weighted by Gasteiger charge is 2.38. The number of piperazine rings is 1. The summed E-state index contributed by atoms with van der Waals surface area (Å²) in [7, 11) is 0. The van der Waals surface area contributed by atoms with E-state index >= 15 is 0 Å². The van der Waals surface area contributed by atoms with Gasteiger partial charge in [-0.2, -0.15) is 0 Å². The number of nitrogens with zero attached hydrogens (tertiary/aromatic N) is 3. The molecule has 3 amide bonds.